The van der Waals surface area contributed by atoms with E-state index >= 15 is 0 Å². The Labute approximate surface area is 179 Å². The van der Waals surface area contributed by atoms with Gasteiger partial charge in [-0.1, -0.05) is 24.3 Å². The average molecular weight is 443 g/mol. The zero-order chi connectivity index (χ0) is 22.3. The predicted molar refractivity (Wildman–Crippen MR) is 111 cm³/mol. The van der Waals surface area contributed by atoms with E-state index in [0.717, 1.165) is 0 Å². The van der Waals surface area contributed by atoms with Crippen LogP contribution >= 0.6 is 0 Å². The number of aryl methyl sites for hydroxylation is 1. The molecule has 31 heavy (non-hydrogen) atoms. The van der Waals surface area contributed by atoms with Crippen LogP contribution in [0.1, 0.15) is 32.0 Å². The number of hydrogen-bond donors (Lipinski definition) is 1. The molecule has 0 atom stereocenters. The summed E-state index contributed by atoms with van der Waals surface area (Å²) in [7, 11) is -3.86. The quantitative estimate of drug-likeness (QED) is 0.399. The van der Waals surface area contributed by atoms with Gasteiger partial charge in [0.2, 0.25) is 10.0 Å². The van der Waals surface area contributed by atoms with Crippen molar-refractivity contribution in [3.05, 3.63) is 89.4 Å². The molecule has 0 amide bonds. The van der Waals surface area contributed by atoms with Gasteiger partial charge in [-0.3, -0.25) is 0 Å². The molecular formula is C22H21NO7S. The second kappa shape index (κ2) is 10.1. The second-order valence-corrected chi connectivity index (χ2v) is 8.29. The first-order valence-electron chi connectivity index (χ1n) is 9.39. The lowest BCUT2D eigenvalue weighted by molar-refractivity contribution is 0.0265. The van der Waals surface area contributed by atoms with E-state index in [1.165, 1.54) is 24.5 Å². The Morgan fingerprint density at radius 1 is 0.935 bits per heavy atom. The lowest BCUT2D eigenvalue weighted by Gasteiger charge is -2.11. The third kappa shape index (κ3) is 6.03. The zero-order valence-corrected chi connectivity index (χ0v) is 17.6. The third-order valence-corrected chi connectivity index (χ3v) is 5.71. The number of carbonyl (C=O) groups excluding carboxylic acids is 2. The van der Waals surface area contributed by atoms with Gasteiger partial charge in [-0.2, -0.15) is 0 Å². The highest BCUT2D eigenvalue weighted by Gasteiger charge is 2.19. The van der Waals surface area contributed by atoms with Gasteiger partial charge in [0, 0.05) is 0 Å². The number of ether oxygens (including phenoxy) is 2. The summed E-state index contributed by atoms with van der Waals surface area (Å²) in [5, 5.41) is 0. The third-order valence-electron chi connectivity index (χ3n) is 4.31. The van der Waals surface area contributed by atoms with Gasteiger partial charge in [-0.15, -0.1) is 0 Å². The molecule has 1 aromatic heterocycles. The minimum atomic E-state index is -3.86. The van der Waals surface area contributed by atoms with Crippen molar-refractivity contribution in [1.29, 1.82) is 0 Å². The van der Waals surface area contributed by atoms with Crippen molar-refractivity contribution in [2.24, 2.45) is 0 Å². The van der Waals surface area contributed by atoms with Crippen molar-refractivity contribution in [2.75, 3.05) is 13.2 Å². The highest BCUT2D eigenvalue weighted by atomic mass is 32.2. The van der Waals surface area contributed by atoms with Crippen molar-refractivity contribution in [1.82, 2.24) is 4.72 Å². The smallest absolute Gasteiger partial charge is 0.338 e. The molecule has 3 rings (SSSR count). The molecule has 0 aliphatic carbocycles. The number of rotatable bonds is 9. The van der Waals surface area contributed by atoms with Gasteiger partial charge >= 0.3 is 11.9 Å². The maximum absolute atomic E-state index is 12.5. The summed E-state index contributed by atoms with van der Waals surface area (Å²) in [6, 6.07) is 15.9. The normalized spacial score (nSPS) is 11.1. The summed E-state index contributed by atoms with van der Waals surface area (Å²) in [6.07, 6.45) is 1.45. The monoisotopic (exact) mass is 443 g/mol. The Morgan fingerprint density at radius 3 is 2.32 bits per heavy atom. The second-order valence-electron chi connectivity index (χ2n) is 6.52. The van der Waals surface area contributed by atoms with Gasteiger partial charge < -0.3 is 13.9 Å². The number of esters is 2. The van der Waals surface area contributed by atoms with E-state index in [1.807, 2.05) is 0 Å². The SMILES string of the molecule is Cc1ccc(S(=O)(=O)NCc2ccco2)cc1C(=O)OCCOC(=O)c1ccccc1. The first-order chi connectivity index (χ1) is 14.9. The van der Waals surface area contributed by atoms with Crippen molar-refractivity contribution < 1.29 is 31.9 Å². The maximum Gasteiger partial charge on any atom is 0.338 e. The van der Waals surface area contributed by atoms with Crippen LogP contribution in [-0.2, 0) is 26.0 Å². The fourth-order valence-electron chi connectivity index (χ4n) is 2.65. The van der Waals surface area contributed by atoms with Gasteiger partial charge in [-0.05, 0) is 48.9 Å². The number of furan rings is 1. The summed E-state index contributed by atoms with van der Waals surface area (Å²) in [6.45, 7) is 1.36. The minimum Gasteiger partial charge on any atom is -0.468 e. The fourth-order valence-corrected chi connectivity index (χ4v) is 3.67. The molecule has 0 radical (unpaired) electrons. The molecular weight excluding hydrogens is 422 g/mol. The molecule has 0 aliphatic rings. The van der Waals surface area contributed by atoms with Crippen molar-refractivity contribution in [3.8, 4) is 0 Å². The molecule has 2 aromatic carbocycles. The lowest BCUT2D eigenvalue weighted by atomic mass is 10.1. The lowest BCUT2D eigenvalue weighted by Crippen LogP contribution is -2.23. The maximum atomic E-state index is 12.5. The summed E-state index contributed by atoms with van der Waals surface area (Å²) in [4.78, 5) is 24.2. The average Bonchev–Trinajstić information content (AvgIpc) is 3.29. The zero-order valence-electron chi connectivity index (χ0n) is 16.7. The molecule has 8 nitrogen and oxygen atoms in total. The highest BCUT2D eigenvalue weighted by Crippen LogP contribution is 2.17. The Balaban J connectivity index is 1.57. The largest absolute Gasteiger partial charge is 0.468 e. The highest BCUT2D eigenvalue weighted by molar-refractivity contribution is 7.89. The Morgan fingerprint density at radius 2 is 1.65 bits per heavy atom. The topological polar surface area (TPSA) is 112 Å². The van der Waals surface area contributed by atoms with E-state index in [0.29, 0.717) is 16.9 Å². The molecule has 0 spiro atoms. The number of benzene rings is 2. The first kappa shape index (κ1) is 22.3. The van der Waals surface area contributed by atoms with Crippen LogP contribution in [0, 0.1) is 6.92 Å². The van der Waals surface area contributed by atoms with Crippen LogP contribution in [0.15, 0.2) is 76.2 Å². The molecule has 0 saturated carbocycles. The Hall–Kier alpha value is -3.43. The molecule has 162 valence electrons. The first-order valence-corrected chi connectivity index (χ1v) is 10.9. The minimum absolute atomic E-state index is 0.0181. The van der Waals surface area contributed by atoms with E-state index in [2.05, 4.69) is 4.72 Å². The fraction of sp³-hybridized carbons (Fsp3) is 0.182. The summed E-state index contributed by atoms with van der Waals surface area (Å²) in [5.74, 6) is -0.778. The van der Waals surface area contributed by atoms with Gasteiger partial charge in [0.1, 0.15) is 19.0 Å². The van der Waals surface area contributed by atoms with Crippen LogP contribution in [0.25, 0.3) is 0 Å². The van der Waals surface area contributed by atoms with Crippen LogP contribution < -0.4 is 4.72 Å². The molecule has 0 bridgehead atoms. The molecule has 1 N–H and O–H groups in total. The Kier molecular flexibility index (Phi) is 7.22. The van der Waals surface area contributed by atoms with Gasteiger partial charge in [0.25, 0.3) is 0 Å². The summed E-state index contributed by atoms with van der Waals surface area (Å²) < 4.78 is 42.8. The van der Waals surface area contributed by atoms with Gasteiger partial charge in [0.05, 0.1) is 28.8 Å². The van der Waals surface area contributed by atoms with E-state index in [-0.39, 0.29) is 30.2 Å². The molecule has 1 heterocycles. The van der Waals surface area contributed by atoms with E-state index in [4.69, 9.17) is 13.9 Å². The number of hydrogen-bond acceptors (Lipinski definition) is 7. The molecule has 0 unspecified atom stereocenters. The Bertz CT molecular complexity index is 1140. The van der Waals surface area contributed by atoms with Crippen LogP contribution in [0.4, 0.5) is 0 Å². The number of carbonyl (C=O) groups is 2. The molecule has 9 heteroatoms. The molecule has 0 aliphatic heterocycles. The van der Waals surface area contributed by atoms with Crippen LogP contribution in [0.5, 0.6) is 0 Å². The van der Waals surface area contributed by atoms with Crippen molar-refractivity contribution in [3.63, 3.8) is 0 Å². The summed E-state index contributed by atoms with van der Waals surface area (Å²) in [5.41, 5.74) is 1.05. The van der Waals surface area contributed by atoms with Crippen molar-refractivity contribution >= 4 is 22.0 Å². The van der Waals surface area contributed by atoms with Crippen LogP contribution in [0.2, 0.25) is 0 Å². The molecule has 3 aromatic rings. The van der Waals surface area contributed by atoms with Gasteiger partial charge in [-0.25, -0.2) is 22.7 Å². The van der Waals surface area contributed by atoms with Crippen LogP contribution in [0.3, 0.4) is 0 Å². The van der Waals surface area contributed by atoms with E-state index < -0.39 is 22.0 Å². The summed E-state index contributed by atoms with van der Waals surface area (Å²) >= 11 is 0. The molecule has 0 fully saturated rings. The van der Waals surface area contributed by atoms with E-state index in [9.17, 15) is 18.0 Å². The number of nitrogens with one attached hydrogen (secondary N) is 1. The number of sulfonamides is 1. The standard InChI is InChI=1S/C22H21NO7S/c1-16-9-10-19(31(26,27)23-15-18-8-5-11-28-18)14-20(16)22(25)30-13-12-29-21(24)17-6-3-2-4-7-17/h2-11,14,23H,12-13,15H2,1H3. The van der Waals surface area contributed by atoms with Crippen molar-refractivity contribution in [2.45, 2.75) is 18.4 Å². The molecule has 0 saturated heterocycles. The van der Waals surface area contributed by atoms with E-state index in [1.54, 1.807) is 49.4 Å². The predicted octanol–water partition coefficient (Wildman–Crippen LogP) is 3.08. The van der Waals surface area contributed by atoms with Crippen LogP contribution in [-0.4, -0.2) is 33.6 Å². The van der Waals surface area contributed by atoms with Gasteiger partial charge in [0.15, 0.2) is 0 Å².